The summed E-state index contributed by atoms with van der Waals surface area (Å²) in [6.07, 6.45) is 21.1. The minimum absolute atomic E-state index is 0.304. The number of aryl methyl sites for hydroxylation is 2. The van der Waals surface area contributed by atoms with Gasteiger partial charge >= 0.3 is 0 Å². The second-order valence-electron chi connectivity index (χ2n) is 14.0. The van der Waals surface area contributed by atoms with E-state index in [1.807, 2.05) is 17.1 Å². The molecule has 4 fully saturated rings. The first-order valence-electron chi connectivity index (χ1n) is 16.5. The minimum atomic E-state index is 0.304. The summed E-state index contributed by atoms with van der Waals surface area (Å²) in [5, 5.41) is 5.27. The number of anilines is 1. The van der Waals surface area contributed by atoms with Crippen LogP contribution in [0, 0.1) is 18.3 Å². The summed E-state index contributed by atoms with van der Waals surface area (Å²) in [4.78, 5) is 7.47. The largest absolute Gasteiger partial charge is 0.330 e. The first kappa shape index (κ1) is 29.5. The van der Waals surface area contributed by atoms with Crippen LogP contribution in [-0.2, 0) is 11.8 Å². The number of allylic oxidation sites excluding steroid dienone is 1. The van der Waals surface area contributed by atoms with E-state index in [2.05, 4.69) is 68.2 Å². The third-order valence-electron chi connectivity index (χ3n) is 11.2. The number of rotatable bonds is 9. The zero-order chi connectivity index (χ0) is 29.5. The molecule has 0 saturated heterocycles. The Hall–Kier alpha value is -2.59. The highest BCUT2D eigenvalue weighted by atomic mass is 35.5. The summed E-state index contributed by atoms with van der Waals surface area (Å²) >= 11 is 6.77. The van der Waals surface area contributed by atoms with Crippen LogP contribution in [0.1, 0.15) is 114 Å². The lowest BCUT2D eigenvalue weighted by Gasteiger charge is -2.55. The zero-order valence-electron chi connectivity index (χ0n) is 26.3. The van der Waals surface area contributed by atoms with Gasteiger partial charge in [-0.05, 0) is 118 Å². The molecule has 2 bridgehead atoms. The van der Waals surface area contributed by atoms with Crippen molar-refractivity contribution in [2.24, 2.45) is 11.3 Å². The van der Waals surface area contributed by atoms with Crippen LogP contribution in [0.4, 0.5) is 5.82 Å². The molecule has 3 aromatic rings. The van der Waals surface area contributed by atoms with Gasteiger partial charge in [-0.1, -0.05) is 62.6 Å². The van der Waals surface area contributed by atoms with Gasteiger partial charge in [0.15, 0.2) is 0 Å². The molecule has 0 spiro atoms. The quantitative estimate of drug-likeness (QED) is 0.251. The Morgan fingerprint density at radius 3 is 2.38 bits per heavy atom. The maximum absolute atomic E-state index is 6.77. The van der Waals surface area contributed by atoms with E-state index < -0.39 is 0 Å². The molecule has 2 aromatic heterocycles. The van der Waals surface area contributed by atoms with Gasteiger partial charge in [-0.2, -0.15) is 5.10 Å². The summed E-state index contributed by atoms with van der Waals surface area (Å²) in [6, 6.07) is 9.85. The molecule has 5 heteroatoms. The molecule has 7 rings (SSSR count). The molecule has 0 radical (unpaired) electrons. The van der Waals surface area contributed by atoms with E-state index in [0.717, 1.165) is 29.9 Å². The lowest BCUT2D eigenvalue weighted by atomic mass is 9.51. The number of pyridine rings is 1. The standard InChI is InChI=1S/C37H49ClN4/c1-6-29-12-13-32(20-27(29)4)37-17-14-36(15-18-37,16-19-37)25-41(28(5)30-10-8-7-9-11-30)35-21-33(34(38)23-39-35)31-22-40-42(24-31)26(2)3/h12-13,20-24,26,30H,5-11,14-19,25H2,1-4H3. The van der Waals surface area contributed by atoms with Gasteiger partial charge in [0.05, 0.1) is 11.2 Å². The SMILES string of the molecule is C=C(C1CCCCC1)N(CC12CCC(c3ccc(CC)c(C)c3)(CC1)CC2)c1cc(-c2cnn(C(C)C)c2)c(Cl)cn1. The van der Waals surface area contributed by atoms with Gasteiger partial charge < -0.3 is 4.90 Å². The van der Waals surface area contributed by atoms with E-state index >= 15 is 0 Å². The summed E-state index contributed by atoms with van der Waals surface area (Å²) in [6.45, 7) is 14.6. The molecule has 4 aliphatic carbocycles. The van der Waals surface area contributed by atoms with Gasteiger partial charge in [0, 0.05) is 41.8 Å². The average Bonchev–Trinajstić information content (AvgIpc) is 3.52. The molecule has 4 aliphatic rings. The lowest BCUT2D eigenvalue weighted by molar-refractivity contribution is 0.0459. The van der Waals surface area contributed by atoms with Crippen LogP contribution in [-0.4, -0.2) is 21.3 Å². The van der Waals surface area contributed by atoms with Crippen LogP contribution < -0.4 is 4.90 Å². The molecule has 4 nitrogen and oxygen atoms in total. The summed E-state index contributed by atoms with van der Waals surface area (Å²) < 4.78 is 2.00. The number of halogens is 1. The molecule has 4 saturated carbocycles. The molecule has 0 amide bonds. The summed E-state index contributed by atoms with van der Waals surface area (Å²) in [5.41, 5.74) is 8.50. The van der Waals surface area contributed by atoms with E-state index in [0.29, 0.717) is 27.8 Å². The maximum Gasteiger partial charge on any atom is 0.133 e. The summed E-state index contributed by atoms with van der Waals surface area (Å²) in [5.74, 6) is 1.52. The van der Waals surface area contributed by atoms with Gasteiger partial charge in [-0.3, -0.25) is 4.68 Å². The van der Waals surface area contributed by atoms with Crippen molar-refractivity contribution >= 4 is 17.4 Å². The number of benzene rings is 1. The van der Waals surface area contributed by atoms with E-state index in [9.17, 15) is 0 Å². The molecule has 0 N–H and O–H groups in total. The number of hydrogen-bond donors (Lipinski definition) is 0. The lowest BCUT2D eigenvalue weighted by Crippen LogP contribution is -2.49. The van der Waals surface area contributed by atoms with Gasteiger partial charge in [0.2, 0.25) is 0 Å². The fraction of sp³-hybridized carbons (Fsp3) is 0.568. The van der Waals surface area contributed by atoms with Crippen molar-refractivity contribution < 1.29 is 0 Å². The Bertz CT molecular complexity index is 1400. The molecule has 2 heterocycles. The van der Waals surface area contributed by atoms with Crippen molar-refractivity contribution in [3.8, 4) is 11.1 Å². The molecule has 0 atom stereocenters. The highest BCUT2D eigenvalue weighted by Gasteiger charge is 2.50. The second-order valence-corrected chi connectivity index (χ2v) is 14.4. The Balaban J connectivity index is 1.29. The van der Waals surface area contributed by atoms with Crippen LogP contribution in [0.25, 0.3) is 11.1 Å². The van der Waals surface area contributed by atoms with Gasteiger partial charge in [-0.25, -0.2) is 4.98 Å². The third-order valence-corrected chi connectivity index (χ3v) is 11.5. The Kier molecular flexibility index (Phi) is 8.30. The molecule has 0 aliphatic heterocycles. The van der Waals surface area contributed by atoms with E-state index in [4.69, 9.17) is 23.2 Å². The minimum Gasteiger partial charge on any atom is -0.330 e. The molecule has 224 valence electrons. The number of aromatic nitrogens is 3. The third kappa shape index (κ3) is 5.56. The van der Waals surface area contributed by atoms with Crippen LogP contribution >= 0.6 is 11.6 Å². The first-order chi connectivity index (χ1) is 20.2. The topological polar surface area (TPSA) is 34.0 Å². The van der Waals surface area contributed by atoms with E-state index in [1.165, 1.54) is 87.5 Å². The fourth-order valence-electron chi connectivity index (χ4n) is 8.23. The number of fused-ring (bicyclic) bond motifs is 3. The van der Waals surface area contributed by atoms with Crippen molar-refractivity contribution in [1.82, 2.24) is 14.8 Å². The molecule has 42 heavy (non-hydrogen) atoms. The predicted molar refractivity (Wildman–Crippen MR) is 176 cm³/mol. The van der Waals surface area contributed by atoms with E-state index in [1.54, 1.807) is 5.56 Å². The Morgan fingerprint density at radius 1 is 1.05 bits per heavy atom. The monoisotopic (exact) mass is 584 g/mol. The normalized spacial score (nSPS) is 24.3. The van der Waals surface area contributed by atoms with Crippen molar-refractivity contribution in [3.63, 3.8) is 0 Å². The summed E-state index contributed by atoms with van der Waals surface area (Å²) in [7, 11) is 0. The van der Waals surface area contributed by atoms with Gasteiger partial charge in [0.25, 0.3) is 0 Å². The number of hydrogen-bond acceptors (Lipinski definition) is 3. The van der Waals surface area contributed by atoms with Crippen LogP contribution in [0.15, 0.2) is 55.1 Å². The van der Waals surface area contributed by atoms with Gasteiger partial charge in [-0.15, -0.1) is 0 Å². The highest BCUT2D eigenvalue weighted by Crippen LogP contribution is 2.58. The Morgan fingerprint density at radius 2 is 1.76 bits per heavy atom. The maximum atomic E-state index is 6.77. The van der Waals surface area contributed by atoms with Gasteiger partial charge in [0.1, 0.15) is 5.82 Å². The van der Waals surface area contributed by atoms with E-state index in [-0.39, 0.29) is 0 Å². The van der Waals surface area contributed by atoms with Crippen LogP contribution in [0.5, 0.6) is 0 Å². The zero-order valence-corrected chi connectivity index (χ0v) is 27.0. The van der Waals surface area contributed by atoms with Crippen LogP contribution in [0.3, 0.4) is 0 Å². The highest BCUT2D eigenvalue weighted by molar-refractivity contribution is 6.33. The second kappa shape index (κ2) is 11.8. The number of nitrogens with zero attached hydrogens (tertiary/aromatic N) is 4. The smallest absolute Gasteiger partial charge is 0.133 e. The molecule has 0 unspecified atom stereocenters. The van der Waals surface area contributed by atoms with Crippen LogP contribution in [0.2, 0.25) is 5.02 Å². The first-order valence-corrected chi connectivity index (χ1v) is 16.9. The van der Waals surface area contributed by atoms with Crippen molar-refractivity contribution in [2.75, 3.05) is 11.4 Å². The average molecular weight is 585 g/mol. The van der Waals surface area contributed by atoms with Crippen molar-refractivity contribution in [1.29, 1.82) is 0 Å². The predicted octanol–water partition coefficient (Wildman–Crippen LogP) is 10.2. The van der Waals surface area contributed by atoms with Crippen molar-refractivity contribution in [2.45, 2.75) is 116 Å². The molecular weight excluding hydrogens is 536 g/mol. The fourth-order valence-corrected chi connectivity index (χ4v) is 8.45. The Labute approximate surface area is 258 Å². The molecular formula is C37H49ClN4. The molecule has 1 aromatic carbocycles. The van der Waals surface area contributed by atoms with Crippen molar-refractivity contribution in [3.05, 3.63) is 76.8 Å².